The average Bonchev–Trinajstić information content (AvgIpc) is 2.53. The van der Waals surface area contributed by atoms with Crippen molar-refractivity contribution in [1.82, 2.24) is 5.32 Å². The van der Waals surface area contributed by atoms with Crippen LogP contribution in [-0.4, -0.2) is 19.4 Å². The molecule has 0 aromatic heterocycles. The van der Waals surface area contributed by atoms with Crippen LogP contribution in [0.25, 0.3) is 0 Å². The second-order valence-corrected chi connectivity index (χ2v) is 3.77. The van der Waals surface area contributed by atoms with Gasteiger partial charge in [0.25, 0.3) is 0 Å². The zero-order valence-corrected chi connectivity index (χ0v) is 10.5. The lowest BCUT2D eigenvalue weighted by Crippen LogP contribution is -2.30. The van der Waals surface area contributed by atoms with Crippen LogP contribution < -0.4 is 5.32 Å². The van der Waals surface area contributed by atoms with Crippen molar-refractivity contribution in [1.29, 1.82) is 0 Å². The first kappa shape index (κ1) is 14.2. The standard InChI is InChI=1S/C13H17NO2.ClH/c1-2-7-14-8-13-15-9-11-5-3-4-6-12(11)10-16-13;/h2-6,13-14H,1,7-10H2;1H. The summed E-state index contributed by atoms with van der Waals surface area (Å²) in [5, 5.41) is 3.19. The van der Waals surface area contributed by atoms with Crippen molar-refractivity contribution in [2.45, 2.75) is 19.5 Å². The molecule has 2 rings (SSSR count). The second-order valence-electron chi connectivity index (χ2n) is 3.77. The van der Waals surface area contributed by atoms with Crippen LogP contribution in [0.3, 0.4) is 0 Å². The van der Waals surface area contributed by atoms with Crippen LogP contribution in [0.4, 0.5) is 0 Å². The van der Waals surface area contributed by atoms with E-state index in [-0.39, 0.29) is 18.7 Å². The summed E-state index contributed by atoms with van der Waals surface area (Å²) in [6.45, 7) is 6.36. The van der Waals surface area contributed by atoms with Gasteiger partial charge >= 0.3 is 0 Å². The van der Waals surface area contributed by atoms with Gasteiger partial charge in [0, 0.05) is 13.1 Å². The van der Waals surface area contributed by atoms with Gasteiger partial charge in [0.05, 0.1) is 13.2 Å². The predicted octanol–water partition coefficient (Wildman–Crippen LogP) is 2.26. The molecule has 1 aliphatic heterocycles. The number of rotatable bonds is 4. The van der Waals surface area contributed by atoms with Crippen molar-refractivity contribution >= 4 is 12.4 Å². The van der Waals surface area contributed by atoms with Crippen molar-refractivity contribution in [3.05, 3.63) is 48.0 Å². The maximum Gasteiger partial charge on any atom is 0.170 e. The Bertz CT molecular complexity index is 330. The Morgan fingerprint density at radius 2 is 1.82 bits per heavy atom. The molecule has 0 unspecified atom stereocenters. The van der Waals surface area contributed by atoms with Gasteiger partial charge in [-0.15, -0.1) is 19.0 Å². The van der Waals surface area contributed by atoms with Gasteiger partial charge in [-0.3, -0.25) is 0 Å². The van der Waals surface area contributed by atoms with Crippen LogP contribution in [0.2, 0.25) is 0 Å². The molecule has 0 saturated carbocycles. The van der Waals surface area contributed by atoms with Crippen LogP contribution in [0.1, 0.15) is 11.1 Å². The highest BCUT2D eigenvalue weighted by molar-refractivity contribution is 5.85. The molecule has 94 valence electrons. The van der Waals surface area contributed by atoms with Gasteiger partial charge in [0.15, 0.2) is 6.29 Å². The van der Waals surface area contributed by atoms with E-state index in [1.807, 2.05) is 18.2 Å². The molecule has 0 radical (unpaired) electrons. The van der Waals surface area contributed by atoms with Crippen LogP contribution in [0.15, 0.2) is 36.9 Å². The first-order valence-electron chi connectivity index (χ1n) is 5.52. The number of ether oxygens (including phenoxy) is 2. The normalized spacial score (nSPS) is 15.5. The Labute approximate surface area is 108 Å². The van der Waals surface area contributed by atoms with E-state index in [1.54, 1.807) is 0 Å². The van der Waals surface area contributed by atoms with Crippen molar-refractivity contribution in [3.8, 4) is 0 Å². The zero-order valence-electron chi connectivity index (χ0n) is 9.72. The number of nitrogens with one attached hydrogen (secondary N) is 1. The summed E-state index contributed by atoms with van der Waals surface area (Å²) in [7, 11) is 0. The Kier molecular flexibility index (Phi) is 6.22. The maximum atomic E-state index is 5.66. The summed E-state index contributed by atoms with van der Waals surface area (Å²) in [5.74, 6) is 0. The Morgan fingerprint density at radius 1 is 1.24 bits per heavy atom. The molecule has 0 fully saturated rings. The monoisotopic (exact) mass is 255 g/mol. The van der Waals surface area contributed by atoms with Crippen molar-refractivity contribution in [3.63, 3.8) is 0 Å². The maximum absolute atomic E-state index is 5.66. The minimum Gasteiger partial charge on any atom is -0.347 e. The van der Waals surface area contributed by atoms with E-state index in [0.717, 1.165) is 6.54 Å². The average molecular weight is 256 g/mol. The third kappa shape index (κ3) is 4.13. The molecule has 0 aliphatic carbocycles. The van der Waals surface area contributed by atoms with E-state index >= 15 is 0 Å². The highest BCUT2D eigenvalue weighted by Crippen LogP contribution is 2.17. The molecule has 0 atom stereocenters. The third-order valence-electron chi connectivity index (χ3n) is 2.57. The first-order valence-corrected chi connectivity index (χ1v) is 5.52. The second kappa shape index (κ2) is 7.45. The number of hydrogen-bond donors (Lipinski definition) is 1. The van der Waals surface area contributed by atoms with Gasteiger partial charge in [0.1, 0.15) is 0 Å². The SMILES string of the molecule is C=CCNCC1OCc2ccccc2CO1.Cl. The summed E-state index contributed by atoms with van der Waals surface area (Å²) < 4.78 is 11.3. The van der Waals surface area contributed by atoms with Gasteiger partial charge in [-0.1, -0.05) is 30.3 Å². The Balaban J connectivity index is 0.00000144. The molecule has 0 bridgehead atoms. The van der Waals surface area contributed by atoms with E-state index < -0.39 is 0 Å². The summed E-state index contributed by atoms with van der Waals surface area (Å²) in [4.78, 5) is 0. The smallest absolute Gasteiger partial charge is 0.170 e. The summed E-state index contributed by atoms with van der Waals surface area (Å²) >= 11 is 0. The zero-order chi connectivity index (χ0) is 11.2. The fraction of sp³-hybridized carbons (Fsp3) is 0.385. The predicted molar refractivity (Wildman–Crippen MR) is 70.1 cm³/mol. The highest BCUT2D eigenvalue weighted by atomic mass is 35.5. The molecular formula is C13H18ClNO2. The van der Waals surface area contributed by atoms with Crippen LogP contribution in [0, 0.1) is 0 Å². The van der Waals surface area contributed by atoms with Crippen molar-refractivity contribution in [2.24, 2.45) is 0 Å². The molecule has 1 aliphatic rings. The topological polar surface area (TPSA) is 30.5 Å². The van der Waals surface area contributed by atoms with E-state index in [9.17, 15) is 0 Å². The lowest BCUT2D eigenvalue weighted by molar-refractivity contribution is -0.145. The van der Waals surface area contributed by atoms with Crippen molar-refractivity contribution < 1.29 is 9.47 Å². The minimum absolute atomic E-state index is 0. The fourth-order valence-corrected chi connectivity index (χ4v) is 1.67. The molecule has 0 spiro atoms. The third-order valence-corrected chi connectivity index (χ3v) is 2.57. The Hall–Kier alpha value is -0.870. The van der Waals surface area contributed by atoms with Gasteiger partial charge in [0.2, 0.25) is 0 Å². The molecule has 17 heavy (non-hydrogen) atoms. The lowest BCUT2D eigenvalue weighted by Gasteiger charge is -2.15. The minimum atomic E-state index is -0.174. The van der Waals surface area contributed by atoms with E-state index in [1.165, 1.54) is 11.1 Å². The summed E-state index contributed by atoms with van der Waals surface area (Å²) in [6, 6.07) is 8.22. The highest BCUT2D eigenvalue weighted by Gasteiger charge is 2.15. The van der Waals surface area contributed by atoms with E-state index in [4.69, 9.17) is 9.47 Å². The van der Waals surface area contributed by atoms with Crippen LogP contribution in [-0.2, 0) is 22.7 Å². The molecule has 1 aromatic rings. The number of benzene rings is 1. The molecule has 1 heterocycles. The first-order chi connectivity index (χ1) is 7.90. The van der Waals surface area contributed by atoms with E-state index in [2.05, 4.69) is 24.0 Å². The number of hydrogen-bond acceptors (Lipinski definition) is 3. The molecule has 0 amide bonds. The van der Waals surface area contributed by atoms with Crippen LogP contribution in [0.5, 0.6) is 0 Å². The van der Waals surface area contributed by atoms with Gasteiger partial charge in [-0.05, 0) is 11.1 Å². The van der Waals surface area contributed by atoms with E-state index in [0.29, 0.717) is 19.8 Å². The fourth-order valence-electron chi connectivity index (χ4n) is 1.67. The van der Waals surface area contributed by atoms with Crippen molar-refractivity contribution in [2.75, 3.05) is 13.1 Å². The molecule has 4 heteroatoms. The quantitative estimate of drug-likeness (QED) is 0.661. The molecule has 1 aromatic carbocycles. The largest absolute Gasteiger partial charge is 0.347 e. The molecule has 0 saturated heterocycles. The molecular weight excluding hydrogens is 238 g/mol. The van der Waals surface area contributed by atoms with Gasteiger partial charge < -0.3 is 14.8 Å². The van der Waals surface area contributed by atoms with Gasteiger partial charge in [-0.2, -0.15) is 0 Å². The van der Waals surface area contributed by atoms with Gasteiger partial charge in [-0.25, -0.2) is 0 Å². The Morgan fingerprint density at radius 3 is 2.35 bits per heavy atom. The molecule has 1 N–H and O–H groups in total. The molecule has 3 nitrogen and oxygen atoms in total. The lowest BCUT2D eigenvalue weighted by atomic mass is 10.1. The number of fused-ring (bicyclic) bond motifs is 1. The van der Waals surface area contributed by atoms with Crippen LogP contribution >= 0.6 is 12.4 Å². The summed E-state index contributed by atoms with van der Waals surface area (Å²) in [5.41, 5.74) is 2.43. The summed E-state index contributed by atoms with van der Waals surface area (Å²) in [6.07, 6.45) is 1.65. The number of halogens is 1.